The first-order chi connectivity index (χ1) is 9.66. The summed E-state index contributed by atoms with van der Waals surface area (Å²) in [4.78, 5) is 2.57. The van der Waals surface area contributed by atoms with Gasteiger partial charge in [-0.15, -0.1) is 0 Å². The molecule has 1 saturated carbocycles. The van der Waals surface area contributed by atoms with Crippen LogP contribution in [0.1, 0.15) is 57.1 Å². The molecule has 0 aromatic heterocycles. The van der Waals surface area contributed by atoms with Crippen LogP contribution in [0.25, 0.3) is 0 Å². The Labute approximate surface area is 127 Å². The molecule has 0 bridgehead atoms. The van der Waals surface area contributed by atoms with Crippen molar-refractivity contribution in [3.05, 3.63) is 28.8 Å². The molecule has 0 spiro atoms. The van der Waals surface area contributed by atoms with Crippen molar-refractivity contribution < 1.29 is 0 Å². The van der Waals surface area contributed by atoms with E-state index in [9.17, 15) is 0 Å². The number of nitrogens with zero attached hydrogens (tertiary/aromatic N) is 1. The van der Waals surface area contributed by atoms with Crippen molar-refractivity contribution in [1.29, 1.82) is 0 Å². The predicted octanol–water partition coefficient (Wildman–Crippen LogP) is 4.52. The number of piperidine rings is 1. The molecular formula is C17H25ClN2. The Bertz CT molecular complexity index is 470. The number of rotatable bonds is 2. The number of halogens is 1. The van der Waals surface area contributed by atoms with Crippen molar-refractivity contribution in [2.24, 2.45) is 11.7 Å². The molecule has 0 amide bonds. The minimum Gasteiger partial charge on any atom is -0.367 e. The van der Waals surface area contributed by atoms with E-state index in [2.05, 4.69) is 17.0 Å². The number of anilines is 1. The highest BCUT2D eigenvalue weighted by Crippen LogP contribution is 2.40. The monoisotopic (exact) mass is 292 g/mol. The lowest BCUT2D eigenvalue weighted by Crippen LogP contribution is -2.47. The van der Waals surface area contributed by atoms with Crippen molar-refractivity contribution in [3.63, 3.8) is 0 Å². The van der Waals surface area contributed by atoms with Crippen molar-refractivity contribution >= 4 is 17.3 Å². The fourth-order valence-corrected chi connectivity index (χ4v) is 4.26. The highest BCUT2D eigenvalue weighted by Gasteiger charge is 2.33. The zero-order valence-corrected chi connectivity index (χ0v) is 13.1. The zero-order valence-electron chi connectivity index (χ0n) is 12.3. The van der Waals surface area contributed by atoms with E-state index in [1.807, 2.05) is 13.0 Å². The van der Waals surface area contributed by atoms with E-state index < -0.39 is 0 Å². The molecule has 1 heterocycles. The maximum absolute atomic E-state index is 6.54. The molecule has 2 N–H and O–H groups in total. The molecule has 110 valence electrons. The molecule has 0 unspecified atom stereocenters. The fraction of sp³-hybridized carbons (Fsp3) is 0.647. The summed E-state index contributed by atoms with van der Waals surface area (Å²) < 4.78 is 0. The summed E-state index contributed by atoms with van der Waals surface area (Å²) in [5.74, 6) is 0.877. The molecule has 2 fully saturated rings. The van der Waals surface area contributed by atoms with Gasteiger partial charge < -0.3 is 10.6 Å². The summed E-state index contributed by atoms with van der Waals surface area (Å²) >= 11 is 6.54. The Balaban J connectivity index is 1.87. The minimum absolute atomic E-state index is 0.0466. The van der Waals surface area contributed by atoms with Gasteiger partial charge in [0.2, 0.25) is 0 Å². The molecule has 3 heteroatoms. The van der Waals surface area contributed by atoms with Crippen molar-refractivity contribution in [2.75, 3.05) is 11.4 Å². The molecule has 20 heavy (non-hydrogen) atoms. The van der Waals surface area contributed by atoms with Gasteiger partial charge >= 0.3 is 0 Å². The van der Waals surface area contributed by atoms with Crippen LogP contribution in [-0.4, -0.2) is 12.6 Å². The highest BCUT2D eigenvalue weighted by atomic mass is 35.5. The topological polar surface area (TPSA) is 29.3 Å². The second kappa shape index (κ2) is 5.95. The van der Waals surface area contributed by atoms with Crippen LogP contribution in [0, 0.1) is 5.92 Å². The van der Waals surface area contributed by atoms with Gasteiger partial charge in [-0.25, -0.2) is 0 Å². The fourth-order valence-electron chi connectivity index (χ4n) is 3.96. The lowest BCUT2D eigenvalue weighted by atomic mass is 9.78. The van der Waals surface area contributed by atoms with Crippen LogP contribution in [0.2, 0.25) is 5.02 Å². The molecule has 0 radical (unpaired) electrons. The Morgan fingerprint density at radius 3 is 2.70 bits per heavy atom. The van der Waals surface area contributed by atoms with Gasteiger partial charge in [0, 0.05) is 18.6 Å². The van der Waals surface area contributed by atoms with Gasteiger partial charge in [0.1, 0.15) is 0 Å². The average molecular weight is 293 g/mol. The molecule has 2 nitrogen and oxygen atoms in total. The Hall–Kier alpha value is -0.730. The number of benzene rings is 1. The zero-order chi connectivity index (χ0) is 14.1. The molecular weight excluding hydrogens is 268 g/mol. The van der Waals surface area contributed by atoms with Crippen molar-refractivity contribution in [1.82, 2.24) is 0 Å². The first-order valence-electron chi connectivity index (χ1n) is 7.98. The van der Waals surface area contributed by atoms with Gasteiger partial charge in [-0.3, -0.25) is 0 Å². The molecule has 3 rings (SSSR count). The number of fused-ring (bicyclic) bond motifs is 1. The summed E-state index contributed by atoms with van der Waals surface area (Å²) in [6.07, 6.45) is 8.20. The summed E-state index contributed by atoms with van der Waals surface area (Å²) in [6.45, 7) is 3.15. The van der Waals surface area contributed by atoms with Gasteiger partial charge in [-0.2, -0.15) is 0 Å². The van der Waals surface area contributed by atoms with E-state index in [1.54, 1.807) is 0 Å². The SMILES string of the molecule is C[C@@H](N)c1ccc(N2CCC[C@H]3CCCC[C@H]32)c(Cl)c1. The normalized spacial score (nSPS) is 28.1. The second-order valence-electron chi connectivity index (χ2n) is 6.45. The van der Waals surface area contributed by atoms with Crippen molar-refractivity contribution in [3.8, 4) is 0 Å². The first-order valence-corrected chi connectivity index (χ1v) is 8.36. The van der Waals surface area contributed by atoms with Crippen LogP contribution in [0.15, 0.2) is 18.2 Å². The van der Waals surface area contributed by atoms with Crippen molar-refractivity contribution in [2.45, 2.75) is 57.5 Å². The third-order valence-electron chi connectivity index (χ3n) is 5.05. The Morgan fingerprint density at radius 2 is 1.95 bits per heavy atom. The maximum atomic E-state index is 6.54. The van der Waals surface area contributed by atoms with E-state index in [4.69, 9.17) is 17.3 Å². The van der Waals surface area contributed by atoms with Gasteiger partial charge in [-0.1, -0.05) is 30.5 Å². The summed E-state index contributed by atoms with van der Waals surface area (Å²) in [5.41, 5.74) is 8.28. The third kappa shape index (κ3) is 2.68. The van der Waals surface area contributed by atoms with E-state index in [0.717, 1.165) is 23.0 Å². The van der Waals surface area contributed by atoms with E-state index in [0.29, 0.717) is 6.04 Å². The van der Waals surface area contributed by atoms with Crippen LogP contribution >= 0.6 is 11.6 Å². The van der Waals surface area contributed by atoms with Crippen LogP contribution in [0.5, 0.6) is 0 Å². The van der Waals surface area contributed by atoms with Crippen LogP contribution in [-0.2, 0) is 0 Å². The average Bonchev–Trinajstić information content (AvgIpc) is 2.46. The van der Waals surface area contributed by atoms with Gasteiger partial charge in [-0.05, 0) is 56.2 Å². The largest absolute Gasteiger partial charge is 0.367 e. The summed E-state index contributed by atoms with van der Waals surface area (Å²) in [7, 11) is 0. The molecule has 1 aromatic rings. The summed E-state index contributed by atoms with van der Waals surface area (Å²) in [5, 5.41) is 0.867. The molecule has 1 aliphatic heterocycles. The molecule has 1 aliphatic carbocycles. The number of hydrogen-bond acceptors (Lipinski definition) is 2. The van der Waals surface area contributed by atoms with Crippen LogP contribution in [0.3, 0.4) is 0 Å². The standard InChI is InChI=1S/C17H25ClN2/c1-12(19)14-8-9-17(15(18)11-14)20-10-4-6-13-5-2-3-7-16(13)20/h8-9,11-13,16H,2-7,10,19H2,1H3/t12-,13-,16-/m1/s1. The van der Waals surface area contributed by atoms with E-state index in [1.165, 1.54) is 44.2 Å². The third-order valence-corrected chi connectivity index (χ3v) is 5.35. The number of nitrogens with two attached hydrogens (primary N) is 1. The quantitative estimate of drug-likeness (QED) is 0.868. The lowest BCUT2D eigenvalue weighted by molar-refractivity contribution is 0.244. The van der Waals surface area contributed by atoms with Gasteiger partial charge in [0.15, 0.2) is 0 Å². The maximum Gasteiger partial charge on any atom is 0.0642 e. The Morgan fingerprint density at radius 1 is 1.20 bits per heavy atom. The first kappa shape index (κ1) is 14.2. The van der Waals surface area contributed by atoms with Crippen LogP contribution in [0.4, 0.5) is 5.69 Å². The van der Waals surface area contributed by atoms with Crippen LogP contribution < -0.4 is 10.6 Å². The predicted molar refractivity (Wildman–Crippen MR) is 86.4 cm³/mol. The highest BCUT2D eigenvalue weighted by molar-refractivity contribution is 6.33. The molecule has 1 saturated heterocycles. The van der Waals surface area contributed by atoms with E-state index >= 15 is 0 Å². The minimum atomic E-state index is 0.0466. The smallest absolute Gasteiger partial charge is 0.0642 e. The molecule has 1 aromatic carbocycles. The Kier molecular flexibility index (Phi) is 4.23. The van der Waals surface area contributed by atoms with Gasteiger partial charge in [0.25, 0.3) is 0 Å². The van der Waals surface area contributed by atoms with Gasteiger partial charge in [0.05, 0.1) is 10.7 Å². The lowest BCUT2D eigenvalue weighted by Gasteiger charge is -2.45. The summed E-state index contributed by atoms with van der Waals surface area (Å²) in [6, 6.07) is 7.12. The second-order valence-corrected chi connectivity index (χ2v) is 6.85. The number of hydrogen-bond donors (Lipinski definition) is 1. The molecule has 2 aliphatic rings. The van der Waals surface area contributed by atoms with E-state index in [-0.39, 0.29) is 6.04 Å². The molecule has 3 atom stereocenters.